The molecule has 186 valence electrons. The molecule has 4 N–H and O–H groups in total. The largest absolute Gasteiger partial charge is 0.390 e. The van der Waals surface area contributed by atoms with Gasteiger partial charge in [0.05, 0.1) is 12.2 Å². The van der Waals surface area contributed by atoms with E-state index >= 15 is 0 Å². The Morgan fingerprint density at radius 2 is 1.85 bits per heavy atom. The van der Waals surface area contributed by atoms with Gasteiger partial charge in [0.25, 0.3) is 0 Å². The Hall–Kier alpha value is -1.58. The molecule has 8 nitrogen and oxygen atoms in total. The average molecular weight is 466 g/mol. The lowest BCUT2D eigenvalue weighted by Gasteiger charge is -2.47. The first kappa shape index (κ1) is 26.0. The summed E-state index contributed by atoms with van der Waals surface area (Å²) in [5, 5.41) is 34.2. The number of aliphatic hydroxyl groups excluding tert-OH is 2. The van der Waals surface area contributed by atoms with Gasteiger partial charge in [0, 0.05) is 31.4 Å². The van der Waals surface area contributed by atoms with Gasteiger partial charge < -0.3 is 20.3 Å². The van der Waals surface area contributed by atoms with Gasteiger partial charge in [0.15, 0.2) is 5.78 Å². The van der Waals surface area contributed by atoms with Crippen LogP contribution in [0.3, 0.4) is 0 Å². The van der Waals surface area contributed by atoms with E-state index in [0.29, 0.717) is 18.8 Å². The molecule has 0 aromatic heterocycles. The first-order chi connectivity index (χ1) is 15.5. The first-order valence-electron chi connectivity index (χ1n) is 11.9. The second-order valence-electron chi connectivity index (χ2n) is 10.5. The predicted molar refractivity (Wildman–Crippen MR) is 122 cm³/mol. The number of nitrogens with one attached hydrogen (secondary N) is 1. The van der Waals surface area contributed by atoms with Crippen LogP contribution in [0.15, 0.2) is 22.8 Å². The van der Waals surface area contributed by atoms with E-state index in [9.17, 15) is 25.1 Å². The van der Waals surface area contributed by atoms with Crippen molar-refractivity contribution in [3.05, 3.63) is 22.8 Å². The molecule has 8 heteroatoms. The van der Waals surface area contributed by atoms with Crippen LogP contribution in [-0.4, -0.2) is 64.7 Å². The Morgan fingerprint density at radius 1 is 1.18 bits per heavy atom. The van der Waals surface area contributed by atoms with Gasteiger partial charge in [0.1, 0.15) is 17.6 Å². The molecule has 1 saturated heterocycles. The van der Waals surface area contributed by atoms with Crippen molar-refractivity contribution in [2.24, 2.45) is 23.2 Å². The van der Waals surface area contributed by atoms with Gasteiger partial charge in [-0.05, 0) is 51.5 Å². The molecule has 0 radical (unpaired) electrons. The fourth-order valence-corrected chi connectivity index (χ4v) is 6.24. The summed E-state index contributed by atoms with van der Waals surface area (Å²) in [6, 6.07) is -0.242. The zero-order valence-electron chi connectivity index (χ0n) is 20.5. The van der Waals surface area contributed by atoms with Gasteiger partial charge in [-0.15, -0.1) is 0 Å². The Balaban J connectivity index is 2.27. The molecule has 3 aliphatic rings. The van der Waals surface area contributed by atoms with Crippen LogP contribution in [0.1, 0.15) is 60.3 Å². The Labute approximate surface area is 196 Å². The smallest absolute Gasteiger partial charge is 0.235 e. The standard InChI is InChI=1S/C25H39NO7/c1-12(2)9-17-21-14(4)15(5)23(33-31)16-10-13(3)7-8-18(27)22(29)19(32-6)11-20(28)25(16,21)24(30)26-17/h10,12,16-19,21-23,27,29,31H,7-9,11H2,1-6H3,(H,26,30)/b13-10+/t16-,17-,18-,19+,21+,22-,23+,25-/m1/s1. The lowest BCUT2D eigenvalue weighted by Crippen LogP contribution is -2.57. The minimum Gasteiger partial charge on any atom is -0.390 e. The number of Topliss-reactive ketones (excluding diaryl/α,β-unsaturated/α-hetero) is 1. The Kier molecular flexibility index (Phi) is 7.86. The normalized spacial score (nSPS) is 41.8. The van der Waals surface area contributed by atoms with E-state index in [0.717, 1.165) is 16.7 Å². The van der Waals surface area contributed by atoms with Crippen LogP contribution >= 0.6 is 0 Å². The second kappa shape index (κ2) is 9.96. The topological polar surface area (TPSA) is 125 Å². The number of hydrogen-bond donors (Lipinski definition) is 4. The summed E-state index contributed by atoms with van der Waals surface area (Å²) in [5.74, 6) is -1.61. The third-order valence-electron chi connectivity index (χ3n) is 8.02. The highest BCUT2D eigenvalue weighted by Gasteiger charge is 2.67. The van der Waals surface area contributed by atoms with Crippen molar-refractivity contribution in [1.29, 1.82) is 0 Å². The van der Waals surface area contributed by atoms with Crippen molar-refractivity contribution in [3.63, 3.8) is 0 Å². The lowest BCUT2D eigenvalue weighted by molar-refractivity contribution is -0.284. The molecule has 0 saturated carbocycles. The first-order valence-corrected chi connectivity index (χ1v) is 11.9. The van der Waals surface area contributed by atoms with Crippen molar-refractivity contribution in [3.8, 4) is 0 Å². The van der Waals surface area contributed by atoms with Crippen molar-refractivity contribution < 1.29 is 34.7 Å². The molecule has 0 unspecified atom stereocenters. The fourth-order valence-electron chi connectivity index (χ4n) is 6.24. The maximum atomic E-state index is 14.1. The van der Waals surface area contributed by atoms with Crippen LogP contribution in [0.5, 0.6) is 0 Å². The van der Waals surface area contributed by atoms with Crippen LogP contribution in [0.25, 0.3) is 0 Å². The van der Waals surface area contributed by atoms with Crippen LogP contribution in [0.2, 0.25) is 0 Å². The highest BCUT2D eigenvalue weighted by molar-refractivity contribution is 6.10. The number of ketones is 1. The monoisotopic (exact) mass is 465 g/mol. The van der Waals surface area contributed by atoms with Gasteiger partial charge >= 0.3 is 0 Å². The van der Waals surface area contributed by atoms with E-state index in [4.69, 9.17) is 9.62 Å². The van der Waals surface area contributed by atoms with E-state index in [2.05, 4.69) is 19.2 Å². The molecule has 1 amide bonds. The molecule has 8 atom stereocenters. The third kappa shape index (κ3) is 4.32. The summed E-state index contributed by atoms with van der Waals surface area (Å²) in [6.07, 6.45) is -1.10. The minimum atomic E-state index is -1.51. The maximum absolute atomic E-state index is 14.1. The summed E-state index contributed by atoms with van der Waals surface area (Å²) in [4.78, 5) is 32.9. The van der Waals surface area contributed by atoms with E-state index in [1.807, 2.05) is 26.8 Å². The molecule has 1 fully saturated rings. The Bertz CT molecular complexity index is 835. The van der Waals surface area contributed by atoms with E-state index in [1.165, 1.54) is 7.11 Å². The molecular weight excluding hydrogens is 426 g/mol. The summed E-state index contributed by atoms with van der Waals surface area (Å²) >= 11 is 0. The molecule has 0 bridgehead atoms. The summed E-state index contributed by atoms with van der Waals surface area (Å²) in [6.45, 7) is 9.79. The van der Waals surface area contributed by atoms with Gasteiger partial charge in [-0.2, -0.15) is 0 Å². The quantitative estimate of drug-likeness (QED) is 0.217. The fraction of sp³-hybridized carbons (Fsp3) is 0.760. The molecule has 1 spiro atoms. The van der Waals surface area contributed by atoms with Crippen LogP contribution in [0.4, 0.5) is 0 Å². The molecule has 33 heavy (non-hydrogen) atoms. The van der Waals surface area contributed by atoms with Gasteiger partial charge in [-0.3, -0.25) is 14.8 Å². The zero-order chi connectivity index (χ0) is 24.7. The predicted octanol–water partition coefficient (Wildman–Crippen LogP) is 2.39. The zero-order valence-corrected chi connectivity index (χ0v) is 20.5. The number of allylic oxidation sites excluding steroid dienone is 1. The summed E-state index contributed by atoms with van der Waals surface area (Å²) in [7, 11) is 1.38. The van der Waals surface area contributed by atoms with Gasteiger partial charge in [0.2, 0.25) is 5.91 Å². The average Bonchev–Trinajstić information content (AvgIpc) is 3.04. The van der Waals surface area contributed by atoms with Crippen LogP contribution in [0, 0.1) is 23.2 Å². The molecule has 1 heterocycles. The lowest BCUT2D eigenvalue weighted by atomic mass is 9.54. The number of rotatable bonds is 4. The van der Waals surface area contributed by atoms with Crippen molar-refractivity contribution in [2.45, 2.75) is 90.8 Å². The number of hydrogen-bond acceptors (Lipinski definition) is 7. The number of amides is 1. The third-order valence-corrected chi connectivity index (χ3v) is 8.02. The van der Waals surface area contributed by atoms with E-state index < -0.39 is 41.7 Å². The number of carbonyl (C=O) groups is 2. The van der Waals surface area contributed by atoms with Crippen molar-refractivity contribution >= 4 is 11.7 Å². The number of ether oxygens (including phenoxy) is 1. The minimum absolute atomic E-state index is 0.235. The number of methoxy groups -OCH3 is 1. The molecule has 2 aliphatic carbocycles. The summed E-state index contributed by atoms with van der Waals surface area (Å²) in [5.41, 5.74) is 1.01. The molecular formula is C25H39NO7. The summed E-state index contributed by atoms with van der Waals surface area (Å²) < 4.78 is 5.42. The van der Waals surface area contributed by atoms with E-state index in [-0.39, 0.29) is 30.6 Å². The highest BCUT2D eigenvalue weighted by Crippen LogP contribution is 2.56. The Morgan fingerprint density at radius 3 is 2.42 bits per heavy atom. The SMILES string of the molecule is CO[C@H]1CC(=O)[C@@]23C(=O)N[C@H](CC(C)C)[C@@H]2C(C)=C(C)[C@H](OO)[C@H]3/C=C(\C)CC[C@@H](O)[C@H]1O. The van der Waals surface area contributed by atoms with Crippen molar-refractivity contribution in [1.82, 2.24) is 5.32 Å². The van der Waals surface area contributed by atoms with Crippen molar-refractivity contribution in [2.75, 3.05) is 7.11 Å². The van der Waals surface area contributed by atoms with Gasteiger partial charge in [-0.1, -0.05) is 31.1 Å². The molecule has 0 aromatic carbocycles. The van der Waals surface area contributed by atoms with Crippen LogP contribution in [-0.2, 0) is 19.2 Å². The number of carbonyl (C=O) groups excluding carboxylic acids is 2. The maximum Gasteiger partial charge on any atom is 0.235 e. The van der Waals surface area contributed by atoms with Crippen LogP contribution < -0.4 is 5.32 Å². The molecule has 0 aromatic rings. The molecule has 1 aliphatic heterocycles. The highest BCUT2D eigenvalue weighted by atomic mass is 17.1. The second-order valence-corrected chi connectivity index (χ2v) is 10.5. The molecule has 3 rings (SSSR count). The number of aliphatic hydroxyl groups is 2. The van der Waals surface area contributed by atoms with Gasteiger partial charge in [-0.25, -0.2) is 4.89 Å². The van der Waals surface area contributed by atoms with E-state index in [1.54, 1.807) is 0 Å².